The number of nitrogens with zero attached hydrogens (tertiary/aromatic N) is 4. The van der Waals surface area contributed by atoms with Crippen LogP contribution in [0.2, 0.25) is 0 Å². The van der Waals surface area contributed by atoms with Gasteiger partial charge in [0.05, 0.1) is 10.4 Å². The van der Waals surface area contributed by atoms with Crippen molar-refractivity contribution >= 4 is 27.0 Å². The van der Waals surface area contributed by atoms with E-state index in [0.717, 1.165) is 12.8 Å². The van der Waals surface area contributed by atoms with Crippen LogP contribution in [0.25, 0.3) is 11.1 Å². The van der Waals surface area contributed by atoms with Gasteiger partial charge in [-0.15, -0.1) is 12.3 Å². The summed E-state index contributed by atoms with van der Waals surface area (Å²) in [4.78, 5) is 24.6. The standard InChI is InChI=1S/C21H25N5O5S/c1-2-3-9-21(23-24-21)10-11-22-19(27)8-14-26-17-7-6-16(15-18(17)31-20(26)28)32(29,30)25-12-4-5-13-25/h1,6-7,15H,3-5,8-14H2,(H,22,27). The number of rotatable bonds is 10. The van der Waals surface area contributed by atoms with Crippen molar-refractivity contribution in [3.63, 3.8) is 0 Å². The second-order valence-electron chi connectivity index (χ2n) is 8.00. The van der Waals surface area contributed by atoms with Crippen molar-refractivity contribution in [2.45, 2.75) is 55.6 Å². The summed E-state index contributed by atoms with van der Waals surface area (Å²) in [5, 5.41) is 10.9. The van der Waals surface area contributed by atoms with Crippen molar-refractivity contribution in [1.29, 1.82) is 0 Å². The molecule has 1 N–H and O–H groups in total. The van der Waals surface area contributed by atoms with Crippen LogP contribution in [0.5, 0.6) is 0 Å². The van der Waals surface area contributed by atoms with Crippen LogP contribution in [0.4, 0.5) is 0 Å². The van der Waals surface area contributed by atoms with Gasteiger partial charge in [-0.05, 0) is 25.0 Å². The maximum absolute atomic E-state index is 12.7. The fourth-order valence-electron chi connectivity index (χ4n) is 3.87. The number of oxazole rings is 1. The summed E-state index contributed by atoms with van der Waals surface area (Å²) < 4.78 is 33.5. The van der Waals surface area contributed by atoms with E-state index in [4.69, 9.17) is 10.8 Å². The van der Waals surface area contributed by atoms with E-state index in [0.29, 0.717) is 44.4 Å². The summed E-state index contributed by atoms with van der Waals surface area (Å²) in [6, 6.07) is 4.39. The predicted octanol–water partition coefficient (Wildman–Crippen LogP) is 1.85. The van der Waals surface area contributed by atoms with Crippen molar-refractivity contribution < 1.29 is 17.6 Å². The second kappa shape index (κ2) is 8.88. The van der Waals surface area contributed by atoms with Gasteiger partial charge in [0.25, 0.3) is 0 Å². The molecule has 0 radical (unpaired) electrons. The summed E-state index contributed by atoms with van der Waals surface area (Å²) in [6.45, 7) is 1.52. The first-order chi connectivity index (χ1) is 15.3. The van der Waals surface area contributed by atoms with Gasteiger partial charge in [0, 0.05) is 57.9 Å². The molecule has 2 aromatic rings. The average molecular weight is 460 g/mol. The fraction of sp³-hybridized carbons (Fsp3) is 0.524. The minimum absolute atomic E-state index is 0.0774. The number of hydrogen-bond acceptors (Lipinski definition) is 7. The lowest BCUT2D eigenvalue weighted by Crippen LogP contribution is -2.29. The van der Waals surface area contributed by atoms with Gasteiger partial charge in [-0.3, -0.25) is 9.36 Å². The third-order valence-electron chi connectivity index (χ3n) is 5.81. The van der Waals surface area contributed by atoms with E-state index >= 15 is 0 Å². The van der Waals surface area contributed by atoms with E-state index in [-0.39, 0.29) is 29.4 Å². The number of carbonyl (C=O) groups is 1. The SMILES string of the molecule is C#CCCC1(CCNC(=O)CCn2c(=O)oc3cc(S(=O)(=O)N4CCCC4)ccc32)N=N1. The molecular formula is C21H25N5O5S. The molecule has 3 heterocycles. The van der Waals surface area contributed by atoms with Crippen LogP contribution in [-0.2, 0) is 21.4 Å². The van der Waals surface area contributed by atoms with Crippen molar-refractivity contribution in [3.8, 4) is 12.3 Å². The Hall–Kier alpha value is -2.97. The highest BCUT2D eigenvalue weighted by Gasteiger charge is 2.38. The molecule has 2 aliphatic heterocycles. The lowest BCUT2D eigenvalue weighted by atomic mass is 10.0. The summed E-state index contributed by atoms with van der Waals surface area (Å²) in [6.07, 6.45) is 8.86. The number of fused-ring (bicyclic) bond motifs is 1. The number of carbonyl (C=O) groups excluding carboxylic acids is 1. The molecule has 1 aromatic heterocycles. The summed E-state index contributed by atoms with van der Waals surface area (Å²) in [5.41, 5.74) is 0.180. The van der Waals surface area contributed by atoms with E-state index in [1.807, 2.05) is 0 Å². The van der Waals surface area contributed by atoms with Crippen LogP contribution in [0, 0.1) is 12.3 Å². The Kier molecular flexibility index (Phi) is 6.17. The number of amides is 1. The smallest absolute Gasteiger partial charge is 0.408 e. The summed E-state index contributed by atoms with van der Waals surface area (Å²) in [5.74, 6) is 1.71. The van der Waals surface area contributed by atoms with Crippen molar-refractivity contribution in [1.82, 2.24) is 14.2 Å². The molecule has 4 rings (SSSR count). The van der Waals surface area contributed by atoms with E-state index in [1.54, 1.807) is 6.07 Å². The Labute approximate surface area is 185 Å². The van der Waals surface area contributed by atoms with Gasteiger partial charge < -0.3 is 9.73 Å². The number of sulfonamides is 1. The third-order valence-corrected chi connectivity index (χ3v) is 7.70. The molecule has 0 unspecified atom stereocenters. The lowest BCUT2D eigenvalue weighted by molar-refractivity contribution is -0.121. The molecule has 1 saturated heterocycles. The van der Waals surface area contributed by atoms with Crippen LogP contribution in [0.1, 0.15) is 38.5 Å². The van der Waals surface area contributed by atoms with E-state index in [9.17, 15) is 18.0 Å². The van der Waals surface area contributed by atoms with Crippen LogP contribution < -0.4 is 11.1 Å². The molecule has 0 aliphatic carbocycles. The number of aromatic nitrogens is 1. The molecule has 11 heteroatoms. The average Bonchev–Trinajstić information content (AvgIpc) is 3.18. The topological polar surface area (TPSA) is 126 Å². The van der Waals surface area contributed by atoms with Gasteiger partial charge in [-0.2, -0.15) is 14.5 Å². The highest BCUT2D eigenvalue weighted by Crippen LogP contribution is 2.36. The predicted molar refractivity (Wildman–Crippen MR) is 116 cm³/mol. The quantitative estimate of drug-likeness (QED) is 0.543. The van der Waals surface area contributed by atoms with Crippen LogP contribution >= 0.6 is 0 Å². The molecule has 2 aliphatic rings. The Morgan fingerprint density at radius 3 is 2.69 bits per heavy atom. The van der Waals surface area contributed by atoms with Crippen LogP contribution in [0.15, 0.2) is 42.5 Å². The molecular weight excluding hydrogens is 434 g/mol. The summed E-state index contributed by atoms with van der Waals surface area (Å²) in [7, 11) is -3.61. The summed E-state index contributed by atoms with van der Waals surface area (Å²) >= 11 is 0. The van der Waals surface area contributed by atoms with Gasteiger partial charge in [0.15, 0.2) is 11.2 Å². The molecule has 0 spiro atoms. The number of aryl methyl sites for hydroxylation is 1. The van der Waals surface area contributed by atoms with E-state index in [1.165, 1.54) is 21.0 Å². The molecule has 0 saturated carbocycles. The van der Waals surface area contributed by atoms with Crippen LogP contribution in [0.3, 0.4) is 0 Å². The molecule has 0 bridgehead atoms. The van der Waals surface area contributed by atoms with Crippen molar-refractivity contribution in [2.24, 2.45) is 10.2 Å². The molecule has 1 fully saturated rings. The first kappa shape index (κ1) is 22.2. The Balaban J connectivity index is 1.36. The number of terminal acetylenes is 1. The number of hydrogen-bond donors (Lipinski definition) is 1. The van der Waals surface area contributed by atoms with Crippen molar-refractivity contribution in [3.05, 3.63) is 28.7 Å². The third kappa shape index (κ3) is 4.61. The zero-order valence-corrected chi connectivity index (χ0v) is 18.4. The second-order valence-corrected chi connectivity index (χ2v) is 9.93. The van der Waals surface area contributed by atoms with Crippen molar-refractivity contribution in [2.75, 3.05) is 19.6 Å². The van der Waals surface area contributed by atoms with Gasteiger partial charge in [-0.25, -0.2) is 13.2 Å². The fourth-order valence-corrected chi connectivity index (χ4v) is 5.40. The molecule has 1 amide bonds. The molecule has 32 heavy (non-hydrogen) atoms. The van der Waals surface area contributed by atoms with E-state index < -0.39 is 21.4 Å². The van der Waals surface area contributed by atoms with Gasteiger partial charge in [0.2, 0.25) is 15.9 Å². The largest absolute Gasteiger partial charge is 0.419 e. The monoisotopic (exact) mass is 459 g/mol. The zero-order valence-electron chi connectivity index (χ0n) is 17.6. The minimum atomic E-state index is -3.61. The molecule has 1 aromatic carbocycles. The number of nitrogens with one attached hydrogen (secondary N) is 1. The maximum Gasteiger partial charge on any atom is 0.419 e. The first-order valence-electron chi connectivity index (χ1n) is 10.6. The first-order valence-corrected chi connectivity index (χ1v) is 12.1. The molecule has 170 valence electrons. The molecule has 0 atom stereocenters. The molecule has 10 nitrogen and oxygen atoms in total. The Morgan fingerprint density at radius 1 is 1.25 bits per heavy atom. The lowest BCUT2D eigenvalue weighted by Gasteiger charge is -2.15. The normalized spacial score (nSPS) is 17.5. The van der Waals surface area contributed by atoms with Gasteiger partial charge >= 0.3 is 5.76 Å². The van der Waals surface area contributed by atoms with Crippen LogP contribution in [-0.4, -0.2) is 48.5 Å². The minimum Gasteiger partial charge on any atom is -0.408 e. The van der Waals surface area contributed by atoms with Gasteiger partial charge in [0.1, 0.15) is 0 Å². The Morgan fingerprint density at radius 2 is 2.00 bits per heavy atom. The maximum atomic E-state index is 12.7. The highest BCUT2D eigenvalue weighted by molar-refractivity contribution is 7.89. The Bertz CT molecular complexity index is 1240. The van der Waals surface area contributed by atoms with Gasteiger partial charge in [-0.1, -0.05) is 0 Å². The van der Waals surface area contributed by atoms with E-state index in [2.05, 4.69) is 21.5 Å². The zero-order chi connectivity index (χ0) is 22.8. The highest BCUT2D eigenvalue weighted by atomic mass is 32.2. The number of benzene rings is 1.